The van der Waals surface area contributed by atoms with Crippen LogP contribution in [0.15, 0.2) is 32.0 Å². The number of benzene rings is 1. The van der Waals surface area contributed by atoms with E-state index in [0.29, 0.717) is 15.4 Å². The molecule has 2 aliphatic heterocycles. The van der Waals surface area contributed by atoms with Crippen molar-refractivity contribution < 1.29 is 8.42 Å². The Labute approximate surface area is 142 Å². The Kier molecular flexibility index (Phi) is 4.76. The van der Waals surface area contributed by atoms with Gasteiger partial charge in [-0.25, -0.2) is 13.1 Å². The molecule has 0 aromatic heterocycles. The van der Waals surface area contributed by atoms with E-state index in [1.165, 1.54) is 19.4 Å². The van der Waals surface area contributed by atoms with Gasteiger partial charge < -0.3 is 4.90 Å². The summed E-state index contributed by atoms with van der Waals surface area (Å²) in [5, 5.41) is 0. The van der Waals surface area contributed by atoms with Crippen molar-refractivity contribution in [2.45, 2.75) is 42.7 Å². The molecule has 2 fully saturated rings. The van der Waals surface area contributed by atoms with Crippen LogP contribution in [0.3, 0.4) is 0 Å². The molecule has 0 radical (unpaired) electrons. The maximum Gasteiger partial charge on any atom is 0.241 e. The van der Waals surface area contributed by atoms with Crippen molar-refractivity contribution >= 4 is 41.9 Å². The fourth-order valence-corrected chi connectivity index (χ4v) is 6.08. The zero-order chi connectivity index (χ0) is 15.0. The Morgan fingerprint density at radius 2 is 2.00 bits per heavy atom. The summed E-state index contributed by atoms with van der Waals surface area (Å²) in [5.41, 5.74) is 0. The molecule has 2 saturated heterocycles. The zero-order valence-corrected chi connectivity index (χ0v) is 15.5. The van der Waals surface area contributed by atoms with E-state index >= 15 is 0 Å². The summed E-state index contributed by atoms with van der Waals surface area (Å²) in [5.74, 6) is 0. The van der Waals surface area contributed by atoms with Crippen LogP contribution >= 0.6 is 31.9 Å². The van der Waals surface area contributed by atoms with Gasteiger partial charge in [-0.1, -0.05) is 15.9 Å². The molecule has 0 aliphatic carbocycles. The van der Waals surface area contributed by atoms with Gasteiger partial charge in [-0.05, 0) is 72.9 Å². The molecule has 0 spiro atoms. The molecular formula is C14H18Br2N2O2S. The maximum absolute atomic E-state index is 12.6. The van der Waals surface area contributed by atoms with E-state index in [1.54, 1.807) is 12.1 Å². The van der Waals surface area contributed by atoms with E-state index in [0.717, 1.165) is 23.9 Å². The first-order chi connectivity index (χ1) is 9.95. The van der Waals surface area contributed by atoms with E-state index in [1.807, 2.05) is 6.07 Å². The van der Waals surface area contributed by atoms with E-state index in [4.69, 9.17) is 0 Å². The second kappa shape index (κ2) is 6.28. The van der Waals surface area contributed by atoms with Crippen LogP contribution in [-0.2, 0) is 10.0 Å². The van der Waals surface area contributed by atoms with Gasteiger partial charge in [0, 0.05) is 21.0 Å². The number of nitrogens with one attached hydrogen (secondary N) is 1. The average molecular weight is 438 g/mol. The Hall–Kier alpha value is 0.0500. The minimum Gasteiger partial charge on any atom is -0.300 e. The Morgan fingerprint density at radius 1 is 1.19 bits per heavy atom. The third-order valence-electron chi connectivity index (χ3n) is 4.33. The molecule has 0 saturated carbocycles. The number of piperidine rings is 1. The fraction of sp³-hybridized carbons (Fsp3) is 0.571. The Balaban J connectivity index is 1.75. The number of nitrogens with zero attached hydrogens (tertiary/aromatic N) is 1. The van der Waals surface area contributed by atoms with E-state index < -0.39 is 10.0 Å². The van der Waals surface area contributed by atoms with E-state index in [-0.39, 0.29) is 6.04 Å². The van der Waals surface area contributed by atoms with Gasteiger partial charge in [-0.3, -0.25) is 0 Å². The van der Waals surface area contributed by atoms with Gasteiger partial charge in [0.25, 0.3) is 0 Å². The fourth-order valence-electron chi connectivity index (χ4n) is 3.30. The molecular weight excluding hydrogens is 420 g/mol. The summed E-state index contributed by atoms with van der Waals surface area (Å²) in [6.45, 7) is 2.17. The first-order valence-electron chi connectivity index (χ1n) is 7.17. The lowest BCUT2D eigenvalue weighted by Crippen LogP contribution is -2.47. The van der Waals surface area contributed by atoms with Crippen molar-refractivity contribution in [3.8, 4) is 0 Å². The molecule has 2 atom stereocenters. The highest BCUT2D eigenvalue weighted by atomic mass is 79.9. The van der Waals surface area contributed by atoms with Crippen LogP contribution in [0, 0.1) is 0 Å². The SMILES string of the molecule is O=S(=O)(NC1CCN2CCCC2C1)c1cc(Br)ccc1Br. The molecule has 1 aromatic rings. The molecule has 4 nitrogen and oxygen atoms in total. The van der Waals surface area contributed by atoms with Crippen LogP contribution in [0.4, 0.5) is 0 Å². The summed E-state index contributed by atoms with van der Waals surface area (Å²) in [6, 6.07) is 5.80. The monoisotopic (exact) mass is 436 g/mol. The lowest BCUT2D eigenvalue weighted by Gasteiger charge is -2.35. The Morgan fingerprint density at radius 3 is 2.81 bits per heavy atom. The first kappa shape index (κ1) is 15.9. The van der Waals surface area contributed by atoms with E-state index in [9.17, 15) is 8.42 Å². The van der Waals surface area contributed by atoms with Crippen molar-refractivity contribution in [1.82, 2.24) is 9.62 Å². The van der Waals surface area contributed by atoms with Crippen molar-refractivity contribution in [1.29, 1.82) is 0 Å². The normalized spacial score (nSPS) is 26.8. The summed E-state index contributed by atoms with van der Waals surface area (Å²) < 4.78 is 29.4. The van der Waals surface area contributed by atoms with Crippen molar-refractivity contribution in [2.75, 3.05) is 13.1 Å². The van der Waals surface area contributed by atoms with Gasteiger partial charge in [0.2, 0.25) is 10.0 Å². The largest absolute Gasteiger partial charge is 0.300 e. The summed E-state index contributed by atoms with van der Waals surface area (Å²) in [7, 11) is -3.49. The predicted octanol–water partition coefficient (Wildman–Crippen LogP) is 3.12. The molecule has 0 amide bonds. The highest BCUT2D eigenvalue weighted by Crippen LogP contribution is 2.29. The molecule has 2 aliphatic rings. The second-order valence-corrected chi connectivity index (χ2v) is 9.20. The summed E-state index contributed by atoms with van der Waals surface area (Å²) >= 11 is 6.66. The van der Waals surface area contributed by atoms with Crippen molar-refractivity contribution in [3.63, 3.8) is 0 Å². The highest BCUT2D eigenvalue weighted by Gasteiger charge is 2.33. The van der Waals surface area contributed by atoms with Crippen LogP contribution in [0.1, 0.15) is 25.7 Å². The van der Waals surface area contributed by atoms with Crippen molar-refractivity contribution in [2.24, 2.45) is 0 Å². The Bertz CT molecular complexity index is 636. The maximum atomic E-state index is 12.6. The van der Waals surface area contributed by atoms with Gasteiger partial charge in [0.05, 0.1) is 4.90 Å². The standard InChI is InChI=1S/C14H18Br2N2O2S/c15-10-3-4-13(16)14(8-10)21(19,20)17-11-5-7-18-6-1-2-12(18)9-11/h3-4,8,11-12,17H,1-2,5-7,9H2. The van der Waals surface area contributed by atoms with Gasteiger partial charge in [0.1, 0.15) is 0 Å². The number of hydrogen-bond acceptors (Lipinski definition) is 3. The van der Waals surface area contributed by atoms with Gasteiger partial charge in [0.15, 0.2) is 0 Å². The minimum absolute atomic E-state index is 0.0419. The van der Waals surface area contributed by atoms with Gasteiger partial charge >= 0.3 is 0 Å². The third-order valence-corrected chi connectivity index (χ3v) is 7.33. The molecule has 0 bridgehead atoms. The quantitative estimate of drug-likeness (QED) is 0.790. The number of hydrogen-bond donors (Lipinski definition) is 1. The molecule has 116 valence electrons. The van der Waals surface area contributed by atoms with Crippen LogP contribution < -0.4 is 4.72 Å². The van der Waals surface area contributed by atoms with Crippen LogP contribution in [0.25, 0.3) is 0 Å². The third kappa shape index (κ3) is 3.52. The molecule has 2 unspecified atom stereocenters. The molecule has 3 rings (SSSR count). The summed E-state index contributed by atoms with van der Waals surface area (Å²) in [6.07, 6.45) is 4.24. The first-order valence-corrected chi connectivity index (χ1v) is 10.2. The second-order valence-electron chi connectivity index (χ2n) is 5.75. The van der Waals surface area contributed by atoms with Crippen LogP contribution in [-0.4, -0.2) is 38.5 Å². The minimum atomic E-state index is -3.49. The number of halogens is 2. The number of sulfonamides is 1. The molecule has 21 heavy (non-hydrogen) atoms. The van der Waals surface area contributed by atoms with Crippen LogP contribution in [0.5, 0.6) is 0 Å². The van der Waals surface area contributed by atoms with Crippen LogP contribution in [0.2, 0.25) is 0 Å². The molecule has 1 N–H and O–H groups in total. The average Bonchev–Trinajstić information content (AvgIpc) is 2.88. The number of rotatable bonds is 3. The number of fused-ring (bicyclic) bond motifs is 1. The smallest absolute Gasteiger partial charge is 0.241 e. The topological polar surface area (TPSA) is 49.4 Å². The summed E-state index contributed by atoms with van der Waals surface area (Å²) in [4.78, 5) is 2.78. The van der Waals surface area contributed by atoms with E-state index in [2.05, 4.69) is 41.5 Å². The predicted molar refractivity (Wildman–Crippen MR) is 89.8 cm³/mol. The highest BCUT2D eigenvalue weighted by molar-refractivity contribution is 9.11. The molecule has 7 heteroatoms. The van der Waals surface area contributed by atoms with Crippen molar-refractivity contribution in [3.05, 3.63) is 27.1 Å². The lowest BCUT2D eigenvalue weighted by atomic mass is 9.99. The lowest BCUT2D eigenvalue weighted by molar-refractivity contribution is 0.176. The van der Waals surface area contributed by atoms with Gasteiger partial charge in [-0.15, -0.1) is 0 Å². The molecule has 1 aromatic carbocycles. The molecule has 2 heterocycles. The van der Waals surface area contributed by atoms with Gasteiger partial charge in [-0.2, -0.15) is 0 Å². The zero-order valence-electron chi connectivity index (χ0n) is 11.6.